The van der Waals surface area contributed by atoms with E-state index in [0.29, 0.717) is 0 Å². The van der Waals surface area contributed by atoms with Crippen LogP contribution in [0.1, 0.15) is 0 Å². The molecule has 0 amide bonds. The first-order chi connectivity index (χ1) is 7.88. The van der Waals surface area contributed by atoms with Gasteiger partial charge in [0.1, 0.15) is 0 Å². The van der Waals surface area contributed by atoms with Crippen molar-refractivity contribution < 1.29 is 17.5 Å². The van der Waals surface area contributed by atoms with Crippen molar-refractivity contribution in [1.82, 2.24) is 0 Å². The molecule has 0 saturated carbocycles. The third kappa shape index (κ3) is 13.1. The van der Waals surface area contributed by atoms with Crippen molar-refractivity contribution in [3.05, 3.63) is 0 Å². The summed E-state index contributed by atoms with van der Waals surface area (Å²) in [5, 5.41) is 0. The number of hydrogen-bond acceptors (Lipinski definition) is 4. The van der Waals surface area contributed by atoms with Gasteiger partial charge in [0.05, 0.1) is 0 Å². The Kier molecular flexibility index (Phi) is 5.03. The van der Waals surface area contributed by atoms with Crippen LogP contribution in [0.4, 0.5) is 0 Å². The van der Waals surface area contributed by atoms with Gasteiger partial charge in [-0.2, -0.15) is 0 Å². The topological polar surface area (TPSA) is 44.8 Å². The molecule has 0 aromatic heterocycles. The summed E-state index contributed by atoms with van der Waals surface area (Å²) in [7, 11) is -3.61. The van der Waals surface area contributed by atoms with E-state index in [4.69, 9.17) is 12.9 Å². The summed E-state index contributed by atoms with van der Waals surface area (Å²) in [5.74, 6) is 0. The second-order valence-corrected chi connectivity index (χ2v) is 34.3. The molecule has 0 fully saturated rings. The van der Waals surface area contributed by atoms with Gasteiger partial charge in [0.15, 0.2) is 0 Å². The average Bonchev–Trinajstić information content (AvgIpc) is 1.56. The summed E-state index contributed by atoms with van der Waals surface area (Å²) in [4.78, 5) is 0. The van der Waals surface area contributed by atoms with E-state index in [1.165, 1.54) is 0 Å². The van der Waals surface area contributed by atoms with E-state index in [1.54, 1.807) is 0 Å². The maximum absolute atomic E-state index is 13.3. The Labute approximate surface area is 126 Å². The summed E-state index contributed by atoms with van der Waals surface area (Å²) in [6.45, 7) is 16.5. The van der Waals surface area contributed by atoms with E-state index in [-0.39, 0.29) is 0 Å². The molecule has 0 rings (SSSR count). The third-order valence-corrected chi connectivity index (χ3v) is 11.5. The molecule has 0 aromatic carbocycles. The number of phosphoric acid groups is 1. The van der Waals surface area contributed by atoms with Crippen LogP contribution in [-0.2, 0) is 17.5 Å². The van der Waals surface area contributed by atoms with Gasteiger partial charge in [-0.25, -0.2) is 0 Å². The van der Waals surface area contributed by atoms with Crippen LogP contribution < -0.4 is 0 Å². The van der Waals surface area contributed by atoms with Crippen LogP contribution in [0.5, 0.6) is 0 Å². The quantitative estimate of drug-likeness (QED) is 0.612. The number of rotatable bonds is 6. The molecule has 0 aliphatic rings. The van der Waals surface area contributed by atoms with Crippen LogP contribution in [0.15, 0.2) is 0 Å². The molecule has 0 bridgehead atoms. The minimum atomic E-state index is -3.61. The zero-order chi connectivity index (χ0) is 17.0. The van der Waals surface area contributed by atoms with E-state index in [9.17, 15) is 4.57 Å². The predicted molar refractivity (Wildman–Crippen MR) is 103 cm³/mol. The van der Waals surface area contributed by atoms with Gasteiger partial charge in [-0.3, -0.25) is 0 Å². The molecule has 0 unspecified atom stereocenters. The molecule has 0 spiro atoms. The zero-order valence-corrected chi connectivity index (χ0v) is 19.0. The Hall–Kier alpha value is 1.40. The van der Waals surface area contributed by atoms with E-state index in [1.807, 2.05) is 80.0 Å². The first-order valence-electron chi connectivity index (χ1n) is 6.64. The molecule has 8 heteroatoms. The predicted octanol–water partition coefficient (Wildman–Crippen LogP) is 5.11. The standard InChI is InChI=1S/C12H36O4P4/c1-18(2,3,4)14-17(13,15-19(5,6,7)8)16-20(9,10,11)12/h1-12H3. The maximum atomic E-state index is 13.3. The van der Waals surface area contributed by atoms with Crippen LogP contribution in [0, 0.1) is 0 Å². The Morgan fingerprint density at radius 3 is 0.750 bits per heavy atom. The molecular weight excluding hydrogens is 332 g/mol. The fraction of sp³-hybridized carbons (Fsp3) is 1.00. The normalized spacial score (nSPS) is 23.5. The summed E-state index contributed by atoms with van der Waals surface area (Å²) in [6, 6.07) is 0. The van der Waals surface area contributed by atoms with Gasteiger partial charge in [-0.05, 0) is 0 Å². The average molecular weight is 368 g/mol. The molecule has 128 valence electrons. The van der Waals surface area contributed by atoms with Gasteiger partial charge in [0.2, 0.25) is 0 Å². The Morgan fingerprint density at radius 1 is 0.500 bits per heavy atom. The molecule has 20 heavy (non-hydrogen) atoms. The minimum absolute atomic E-state index is 2.00. The molecular formula is C12H36O4P4. The molecule has 0 aliphatic heterocycles. The first kappa shape index (κ1) is 21.4. The van der Waals surface area contributed by atoms with Crippen LogP contribution in [0.25, 0.3) is 0 Å². The molecule has 0 aromatic rings. The van der Waals surface area contributed by atoms with Gasteiger partial charge >= 0.3 is 126 Å². The van der Waals surface area contributed by atoms with Crippen LogP contribution >= 0.6 is 28.3 Å². The van der Waals surface area contributed by atoms with Gasteiger partial charge < -0.3 is 0 Å². The van der Waals surface area contributed by atoms with Crippen molar-refractivity contribution >= 4 is 28.3 Å². The Balaban J connectivity index is 5.68. The van der Waals surface area contributed by atoms with Crippen LogP contribution in [0.2, 0.25) is 0 Å². The summed E-state index contributed by atoms with van der Waals surface area (Å²) >= 11 is 0. The van der Waals surface area contributed by atoms with Gasteiger partial charge in [-0.15, -0.1) is 0 Å². The van der Waals surface area contributed by atoms with E-state index in [0.717, 1.165) is 0 Å². The van der Waals surface area contributed by atoms with Gasteiger partial charge in [-0.1, -0.05) is 0 Å². The molecule has 0 aliphatic carbocycles. The van der Waals surface area contributed by atoms with Crippen molar-refractivity contribution in [2.75, 3.05) is 80.0 Å². The Bertz CT molecular complexity index is 351. The van der Waals surface area contributed by atoms with Crippen molar-refractivity contribution in [3.8, 4) is 0 Å². The Morgan fingerprint density at radius 2 is 0.650 bits per heavy atom. The van der Waals surface area contributed by atoms with Crippen molar-refractivity contribution in [2.45, 2.75) is 0 Å². The third-order valence-electron chi connectivity index (χ3n) is 1.28. The van der Waals surface area contributed by atoms with Crippen molar-refractivity contribution in [2.24, 2.45) is 0 Å². The van der Waals surface area contributed by atoms with E-state index >= 15 is 0 Å². The van der Waals surface area contributed by atoms with Gasteiger partial charge in [0, 0.05) is 0 Å². The summed E-state index contributed by atoms with van der Waals surface area (Å²) in [6.07, 6.45) is 0. The molecule has 0 heterocycles. The summed E-state index contributed by atoms with van der Waals surface area (Å²) in [5.41, 5.74) is 0. The molecule has 0 saturated heterocycles. The fourth-order valence-electron chi connectivity index (χ4n) is 1.24. The van der Waals surface area contributed by atoms with Crippen molar-refractivity contribution in [1.29, 1.82) is 0 Å². The van der Waals surface area contributed by atoms with E-state index in [2.05, 4.69) is 0 Å². The SMILES string of the molecule is CP(C)(C)(C)OP(=O)(OP(C)(C)(C)C)OP(C)(C)(C)C. The zero-order valence-electron chi connectivity index (χ0n) is 15.4. The summed E-state index contributed by atoms with van der Waals surface area (Å²) < 4.78 is 31.3. The van der Waals surface area contributed by atoms with E-state index < -0.39 is 28.3 Å². The van der Waals surface area contributed by atoms with Crippen LogP contribution in [-0.4, -0.2) is 80.0 Å². The van der Waals surface area contributed by atoms with Crippen molar-refractivity contribution in [3.63, 3.8) is 0 Å². The second kappa shape index (κ2) is 4.70. The van der Waals surface area contributed by atoms with Gasteiger partial charge in [0.25, 0.3) is 0 Å². The molecule has 0 radical (unpaired) electrons. The molecule has 0 atom stereocenters. The monoisotopic (exact) mass is 368 g/mol. The fourth-order valence-corrected chi connectivity index (χ4v) is 12.0. The second-order valence-electron chi connectivity index (χ2n) is 10.9. The number of hydrogen-bond donors (Lipinski definition) is 0. The first-order valence-corrected chi connectivity index (χ1v) is 19.9. The molecule has 0 N–H and O–H groups in total. The van der Waals surface area contributed by atoms with Crippen LogP contribution in [0.3, 0.4) is 0 Å². The molecule has 4 nitrogen and oxygen atoms in total.